The van der Waals surface area contributed by atoms with Crippen molar-refractivity contribution in [3.63, 3.8) is 0 Å². The van der Waals surface area contributed by atoms with Crippen molar-refractivity contribution in [3.05, 3.63) is 28.7 Å². The van der Waals surface area contributed by atoms with Crippen molar-refractivity contribution >= 4 is 32.0 Å². The summed E-state index contributed by atoms with van der Waals surface area (Å²) >= 11 is 3.26. The predicted octanol–water partition coefficient (Wildman–Crippen LogP) is 2.78. The lowest BCUT2D eigenvalue weighted by Crippen LogP contribution is -2.36. The van der Waals surface area contributed by atoms with Gasteiger partial charge in [0.05, 0.1) is 11.0 Å². The van der Waals surface area contributed by atoms with Crippen molar-refractivity contribution in [1.82, 2.24) is 10.0 Å². The van der Waals surface area contributed by atoms with E-state index in [0.29, 0.717) is 19.3 Å². The van der Waals surface area contributed by atoms with E-state index in [0.717, 1.165) is 4.47 Å². The molecule has 0 aliphatic carbocycles. The third-order valence-corrected chi connectivity index (χ3v) is 5.27. The summed E-state index contributed by atoms with van der Waals surface area (Å²) in [6, 6.07) is 6.39. The van der Waals surface area contributed by atoms with Gasteiger partial charge in [-0.25, -0.2) is 17.9 Å². The minimum atomic E-state index is -3.52. The minimum absolute atomic E-state index is 0.0968. The summed E-state index contributed by atoms with van der Waals surface area (Å²) in [5, 5.41) is 12.3. The van der Waals surface area contributed by atoms with Gasteiger partial charge in [-0.2, -0.15) is 0 Å². The third kappa shape index (κ3) is 9.51. The van der Waals surface area contributed by atoms with Crippen molar-refractivity contribution in [2.45, 2.75) is 56.6 Å². The lowest BCUT2D eigenvalue weighted by atomic mass is 10.1. The molecule has 0 heterocycles. The SMILES string of the molecule is CC(C)(C)OC(=O)NC[C@H](O)CCCCNS(=O)(=O)c1ccc(Br)cc1. The molecule has 0 saturated carbocycles. The van der Waals surface area contributed by atoms with E-state index in [4.69, 9.17) is 4.74 Å². The summed E-state index contributed by atoms with van der Waals surface area (Å²) < 4.78 is 32.6. The first-order valence-corrected chi connectivity index (χ1v) is 10.7. The second-order valence-corrected chi connectivity index (χ2v) is 9.57. The molecule has 0 radical (unpaired) electrons. The van der Waals surface area contributed by atoms with Gasteiger partial charge >= 0.3 is 6.09 Å². The fraction of sp³-hybridized carbons (Fsp3) is 0.588. The van der Waals surface area contributed by atoms with Crippen LogP contribution in [0.1, 0.15) is 40.0 Å². The van der Waals surface area contributed by atoms with Gasteiger partial charge in [0.15, 0.2) is 0 Å². The van der Waals surface area contributed by atoms with Crippen LogP contribution in [0.15, 0.2) is 33.6 Å². The zero-order chi connectivity index (χ0) is 19.8. The summed E-state index contributed by atoms with van der Waals surface area (Å²) in [4.78, 5) is 11.7. The van der Waals surface area contributed by atoms with Crippen LogP contribution in [0.3, 0.4) is 0 Å². The molecule has 9 heteroatoms. The quantitative estimate of drug-likeness (QED) is 0.501. The second kappa shape index (κ2) is 10.2. The molecule has 0 spiro atoms. The van der Waals surface area contributed by atoms with E-state index in [1.54, 1.807) is 32.9 Å². The van der Waals surface area contributed by atoms with E-state index in [1.807, 2.05) is 0 Å². The van der Waals surface area contributed by atoms with Crippen molar-refractivity contribution in [3.8, 4) is 0 Å². The standard InChI is InChI=1S/C17H27BrN2O5S/c1-17(2,3)25-16(22)19-12-14(21)6-4-5-11-20-26(23,24)15-9-7-13(18)8-10-15/h7-10,14,20-21H,4-6,11-12H2,1-3H3,(H,19,22)/t14-/m1/s1. The molecule has 1 aromatic carbocycles. The van der Waals surface area contributed by atoms with Crippen LogP contribution in [0.2, 0.25) is 0 Å². The van der Waals surface area contributed by atoms with Gasteiger partial charge in [0, 0.05) is 17.6 Å². The van der Waals surface area contributed by atoms with Crippen molar-refractivity contribution in [2.75, 3.05) is 13.1 Å². The lowest BCUT2D eigenvalue weighted by Gasteiger charge is -2.20. The number of hydrogen-bond donors (Lipinski definition) is 3. The number of amides is 1. The Bertz CT molecular complexity index is 671. The van der Waals surface area contributed by atoms with Crippen molar-refractivity contribution in [1.29, 1.82) is 0 Å². The van der Waals surface area contributed by atoms with E-state index in [1.165, 1.54) is 12.1 Å². The summed E-state index contributed by atoms with van der Waals surface area (Å²) in [5.41, 5.74) is -0.582. The van der Waals surface area contributed by atoms with Gasteiger partial charge in [-0.05, 0) is 64.3 Å². The molecule has 0 aromatic heterocycles. The number of unbranched alkanes of at least 4 members (excludes halogenated alkanes) is 1. The molecule has 0 bridgehead atoms. The third-order valence-electron chi connectivity index (χ3n) is 3.26. The number of aliphatic hydroxyl groups is 1. The maximum atomic E-state index is 12.1. The number of nitrogens with one attached hydrogen (secondary N) is 2. The van der Waals surface area contributed by atoms with Crippen LogP contribution >= 0.6 is 15.9 Å². The van der Waals surface area contributed by atoms with E-state index < -0.39 is 27.8 Å². The molecule has 148 valence electrons. The van der Waals surface area contributed by atoms with E-state index in [9.17, 15) is 18.3 Å². The van der Waals surface area contributed by atoms with E-state index >= 15 is 0 Å². The summed E-state index contributed by atoms with van der Waals surface area (Å²) in [6.45, 7) is 5.67. The highest BCUT2D eigenvalue weighted by Gasteiger charge is 2.17. The zero-order valence-corrected chi connectivity index (χ0v) is 17.7. The number of hydrogen-bond acceptors (Lipinski definition) is 5. The average Bonchev–Trinajstić information content (AvgIpc) is 2.51. The highest BCUT2D eigenvalue weighted by molar-refractivity contribution is 9.10. The van der Waals surface area contributed by atoms with Gasteiger partial charge in [0.2, 0.25) is 10.0 Å². The van der Waals surface area contributed by atoms with Crippen LogP contribution in [0.4, 0.5) is 4.79 Å². The van der Waals surface area contributed by atoms with Gasteiger partial charge in [-0.3, -0.25) is 0 Å². The molecule has 1 rings (SSSR count). The number of alkyl carbamates (subject to hydrolysis) is 1. The Morgan fingerprint density at radius 1 is 1.23 bits per heavy atom. The molecule has 1 atom stereocenters. The number of benzene rings is 1. The molecular formula is C17H27BrN2O5S. The molecule has 1 amide bonds. The van der Waals surface area contributed by atoms with Gasteiger partial charge in [-0.1, -0.05) is 15.9 Å². The highest BCUT2D eigenvalue weighted by Crippen LogP contribution is 2.14. The Kier molecular flexibility index (Phi) is 9.02. The number of sulfonamides is 1. The highest BCUT2D eigenvalue weighted by atomic mass is 79.9. The van der Waals surface area contributed by atoms with Crippen LogP contribution in [0.5, 0.6) is 0 Å². The molecule has 0 aliphatic rings. The number of carbonyl (C=O) groups is 1. The van der Waals surface area contributed by atoms with Gasteiger partial charge in [0.25, 0.3) is 0 Å². The fourth-order valence-corrected chi connectivity index (χ4v) is 3.36. The zero-order valence-electron chi connectivity index (χ0n) is 15.3. The monoisotopic (exact) mass is 450 g/mol. The molecule has 26 heavy (non-hydrogen) atoms. The summed E-state index contributed by atoms with van der Waals surface area (Å²) in [5.74, 6) is 0. The smallest absolute Gasteiger partial charge is 0.407 e. The van der Waals surface area contributed by atoms with Crippen LogP contribution in [0, 0.1) is 0 Å². The number of halogens is 1. The summed E-state index contributed by atoms with van der Waals surface area (Å²) in [6.07, 6.45) is 0.388. The number of ether oxygens (including phenoxy) is 1. The minimum Gasteiger partial charge on any atom is -0.444 e. The molecule has 7 nitrogen and oxygen atoms in total. The van der Waals surface area contributed by atoms with Crippen molar-refractivity contribution in [2.24, 2.45) is 0 Å². The number of rotatable bonds is 9. The topological polar surface area (TPSA) is 105 Å². The van der Waals surface area contributed by atoms with Crippen LogP contribution in [-0.2, 0) is 14.8 Å². The van der Waals surface area contributed by atoms with E-state index in [-0.39, 0.29) is 18.0 Å². The molecule has 0 saturated heterocycles. The van der Waals surface area contributed by atoms with Crippen molar-refractivity contribution < 1.29 is 23.1 Å². The van der Waals surface area contributed by atoms with Crippen LogP contribution in [-0.4, -0.2) is 44.4 Å². The largest absolute Gasteiger partial charge is 0.444 e. The Labute approximate surface area is 163 Å². The Balaban J connectivity index is 2.21. The lowest BCUT2D eigenvalue weighted by molar-refractivity contribution is 0.0487. The number of carbonyl (C=O) groups excluding carboxylic acids is 1. The maximum absolute atomic E-state index is 12.1. The molecule has 3 N–H and O–H groups in total. The molecule has 0 fully saturated rings. The van der Waals surface area contributed by atoms with Crippen LogP contribution < -0.4 is 10.0 Å². The Morgan fingerprint density at radius 2 is 1.85 bits per heavy atom. The molecule has 0 unspecified atom stereocenters. The molecule has 0 aliphatic heterocycles. The summed E-state index contributed by atoms with van der Waals surface area (Å²) in [7, 11) is -3.52. The second-order valence-electron chi connectivity index (χ2n) is 6.88. The van der Waals surface area contributed by atoms with Gasteiger partial charge in [-0.15, -0.1) is 0 Å². The average molecular weight is 451 g/mol. The van der Waals surface area contributed by atoms with E-state index in [2.05, 4.69) is 26.0 Å². The maximum Gasteiger partial charge on any atom is 0.407 e. The number of aliphatic hydroxyl groups excluding tert-OH is 1. The first-order chi connectivity index (χ1) is 12.0. The molecular weight excluding hydrogens is 424 g/mol. The van der Waals surface area contributed by atoms with Gasteiger partial charge in [0.1, 0.15) is 5.60 Å². The first kappa shape index (κ1) is 22.9. The first-order valence-electron chi connectivity index (χ1n) is 8.40. The molecule has 1 aromatic rings. The normalized spacial score (nSPS) is 13.3. The van der Waals surface area contributed by atoms with Crippen LogP contribution in [0.25, 0.3) is 0 Å². The van der Waals surface area contributed by atoms with Gasteiger partial charge < -0.3 is 15.2 Å². The Hall–Kier alpha value is -1.16. The predicted molar refractivity (Wildman–Crippen MR) is 103 cm³/mol. The fourth-order valence-electron chi connectivity index (χ4n) is 2.03. The Morgan fingerprint density at radius 3 is 2.42 bits per heavy atom.